The molecule has 0 spiro atoms. The second kappa shape index (κ2) is 7.62. The zero-order chi connectivity index (χ0) is 15.1. The van der Waals surface area contributed by atoms with Gasteiger partial charge in [-0.1, -0.05) is 20.8 Å². The molecule has 1 aromatic rings. The van der Waals surface area contributed by atoms with Gasteiger partial charge in [-0.15, -0.1) is 0 Å². The number of aromatic nitrogens is 2. The van der Waals surface area contributed by atoms with Gasteiger partial charge in [-0.2, -0.15) is 4.98 Å². The molecule has 0 aliphatic carbocycles. The van der Waals surface area contributed by atoms with Crippen LogP contribution in [0, 0.1) is 23.0 Å². The molecule has 0 amide bonds. The highest BCUT2D eigenvalue weighted by molar-refractivity contribution is 5.61. The van der Waals surface area contributed by atoms with Crippen molar-refractivity contribution >= 4 is 11.5 Å². The number of hydrogen-bond donors (Lipinski definition) is 1. The number of nitrogens with zero attached hydrogens (tertiary/aromatic N) is 3. The highest BCUT2D eigenvalue weighted by atomic mass is 16.6. The summed E-state index contributed by atoms with van der Waals surface area (Å²) >= 11 is 0. The quantitative estimate of drug-likeness (QED) is 0.582. The summed E-state index contributed by atoms with van der Waals surface area (Å²) in [6, 6.07) is 0. The predicted molar refractivity (Wildman–Crippen MR) is 77.2 cm³/mol. The molecule has 0 atom stereocenters. The van der Waals surface area contributed by atoms with E-state index < -0.39 is 4.92 Å². The fourth-order valence-electron chi connectivity index (χ4n) is 1.61. The van der Waals surface area contributed by atoms with Gasteiger partial charge in [0.25, 0.3) is 5.88 Å². The maximum absolute atomic E-state index is 11.2. The van der Waals surface area contributed by atoms with Gasteiger partial charge in [-0.25, -0.2) is 4.98 Å². The van der Waals surface area contributed by atoms with Crippen molar-refractivity contribution in [2.24, 2.45) is 5.92 Å². The molecule has 1 heterocycles. The van der Waals surface area contributed by atoms with E-state index in [1.165, 1.54) is 0 Å². The van der Waals surface area contributed by atoms with Crippen LogP contribution in [0.3, 0.4) is 0 Å². The normalized spacial score (nSPS) is 10.7. The molecule has 0 unspecified atom stereocenters. The third-order valence-corrected chi connectivity index (χ3v) is 2.60. The van der Waals surface area contributed by atoms with Gasteiger partial charge in [0.2, 0.25) is 5.82 Å². The SMILES string of the molecule is CCCOc1nc(C)nc(NCCC(C)C)c1[N+](=O)[O-]. The van der Waals surface area contributed by atoms with Gasteiger partial charge in [0.05, 0.1) is 11.5 Å². The van der Waals surface area contributed by atoms with E-state index in [1.54, 1.807) is 6.92 Å². The molecule has 7 nitrogen and oxygen atoms in total. The molecule has 0 saturated carbocycles. The minimum atomic E-state index is -0.498. The number of anilines is 1. The lowest BCUT2D eigenvalue weighted by Crippen LogP contribution is -2.12. The van der Waals surface area contributed by atoms with E-state index in [9.17, 15) is 10.1 Å². The van der Waals surface area contributed by atoms with Gasteiger partial charge in [0, 0.05) is 6.54 Å². The Bertz CT molecular complexity index is 463. The Labute approximate surface area is 118 Å². The minimum Gasteiger partial charge on any atom is -0.473 e. The first-order valence-electron chi connectivity index (χ1n) is 6.85. The van der Waals surface area contributed by atoms with Crippen molar-refractivity contribution in [1.29, 1.82) is 0 Å². The van der Waals surface area contributed by atoms with Crippen molar-refractivity contribution in [2.75, 3.05) is 18.5 Å². The molecule has 0 aliphatic heterocycles. The highest BCUT2D eigenvalue weighted by Gasteiger charge is 2.25. The Morgan fingerprint density at radius 3 is 2.65 bits per heavy atom. The van der Waals surface area contributed by atoms with Crippen LogP contribution in [0.4, 0.5) is 11.5 Å². The van der Waals surface area contributed by atoms with E-state index in [-0.39, 0.29) is 17.4 Å². The van der Waals surface area contributed by atoms with E-state index in [0.717, 1.165) is 12.8 Å². The number of rotatable bonds is 8. The third kappa shape index (κ3) is 4.64. The van der Waals surface area contributed by atoms with Crippen molar-refractivity contribution in [1.82, 2.24) is 9.97 Å². The molecule has 0 radical (unpaired) electrons. The number of nitrogens with one attached hydrogen (secondary N) is 1. The number of hydrogen-bond acceptors (Lipinski definition) is 6. The zero-order valence-electron chi connectivity index (χ0n) is 12.5. The van der Waals surface area contributed by atoms with Crippen molar-refractivity contribution < 1.29 is 9.66 Å². The summed E-state index contributed by atoms with van der Waals surface area (Å²) in [7, 11) is 0. The van der Waals surface area contributed by atoms with E-state index in [0.29, 0.717) is 24.9 Å². The summed E-state index contributed by atoms with van der Waals surface area (Å²) in [5.41, 5.74) is -0.187. The first-order valence-corrected chi connectivity index (χ1v) is 6.85. The molecule has 0 fully saturated rings. The highest BCUT2D eigenvalue weighted by Crippen LogP contribution is 2.31. The monoisotopic (exact) mass is 282 g/mol. The summed E-state index contributed by atoms with van der Waals surface area (Å²) in [5.74, 6) is 1.24. The summed E-state index contributed by atoms with van der Waals surface area (Å²) in [6.07, 6.45) is 1.67. The second-order valence-electron chi connectivity index (χ2n) is 4.99. The van der Waals surface area contributed by atoms with Crippen LogP contribution in [0.25, 0.3) is 0 Å². The van der Waals surface area contributed by atoms with Crippen LogP contribution in [0.5, 0.6) is 5.88 Å². The molecular formula is C13H22N4O3. The molecule has 1 N–H and O–H groups in total. The lowest BCUT2D eigenvalue weighted by Gasteiger charge is -2.11. The lowest BCUT2D eigenvalue weighted by molar-refractivity contribution is -0.385. The summed E-state index contributed by atoms with van der Waals surface area (Å²) in [5, 5.41) is 14.2. The van der Waals surface area contributed by atoms with Crippen molar-refractivity contribution in [3.8, 4) is 5.88 Å². The first-order chi connectivity index (χ1) is 9.45. The summed E-state index contributed by atoms with van der Waals surface area (Å²) < 4.78 is 5.36. The van der Waals surface area contributed by atoms with Crippen LogP contribution >= 0.6 is 0 Å². The van der Waals surface area contributed by atoms with Gasteiger partial charge in [0.1, 0.15) is 5.82 Å². The van der Waals surface area contributed by atoms with Gasteiger partial charge in [-0.3, -0.25) is 10.1 Å². The van der Waals surface area contributed by atoms with E-state index in [2.05, 4.69) is 29.1 Å². The second-order valence-corrected chi connectivity index (χ2v) is 4.99. The number of ether oxygens (including phenoxy) is 1. The lowest BCUT2D eigenvalue weighted by atomic mass is 10.1. The maximum atomic E-state index is 11.2. The predicted octanol–water partition coefficient (Wildman–Crippen LogP) is 2.94. The Morgan fingerprint density at radius 2 is 2.10 bits per heavy atom. The molecule has 1 aromatic heterocycles. The summed E-state index contributed by atoms with van der Waals surface area (Å²) in [6.45, 7) is 8.83. The van der Waals surface area contributed by atoms with Gasteiger partial charge in [0.15, 0.2) is 0 Å². The Kier molecular flexibility index (Phi) is 6.14. The van der Waals surface area contributed by atoms with Crippen LogP contribution in [0.15, 0.2) is 0 Å². The maximum Gasteiger partial charge on any atom is 0.372 e. The molecule has 1 rings (SSSR count). The summed E-state index contributed by atoms with van der Waals surface area (Å²) in [4.78, 5) is 18.9. The Balaban J connectivity index is 3.00. The average molecular weight is 282 g/mol. The molecule has 20 heavy (non-hydrogen) atoms. The fourth-order valence-corrected chi connectivity index (χ4v) is 1.61. The van der Waals surface area contributed by atoms with E-state index in [1.807, 2.05) is 6.92 Å². The number of aryl methyl sites for hydroxylation is 1. The Morgan fingerprint density at radius 1 is 1.40 bits per heavy atom. The molecule has 0 bridgehead atoms. The van der Waals surface area contributed by atoms with E-state index in [4.69, 9.17) is 4.74 Å². The smallest absolute Gasteiger partial charge is 0.372 e. The topological polar surface area (TPSA) is 90.2 Å². The third-order valence-electron chi connectivity index (χ3n) is 2.60. The van der Waals surface area contributed by atoms with Crippen LogP contribution < -0.4 is 10.1 Å². The molecular weight excluding hydrogens is 260 g/mol. The van der Waals surface area contributed by atoms with Crippen molar-refractivity contribution in [3.05, 3.63) is 15.9 Å². The van der Waals surface area contributed by atoms with Crippen LogP contribution in [-0.4, -0.2) is 28.0 Å². The zero-order valence-corrected chi connectivity index (χ0v) is 12.5. The first kappa shape index (κ1) is 16.1. The van der Waals surface area contributed by atoms with Crippen LogP contribution in [0.2, 0.25) is 0 Å². The molecule has 7 heteroatoms. The Hall–Kier alpha value is -1.92. The molecule has 0 saturated heterocycles. The molecule has 0 aliphatic rings. The van der Waals surface area contributed by atoms with Crippen molar-refractivity contribution in [3.63, 3.8) is 0 Å². The van der Waals surface area contributed by atoms with Crippen LogP contribution in [-0.2, 0) is 0 Å². The standard InChI is InChI=1S/C13H22N4O3/c1-5-8-20-13-11(17(18)19)12(15-10(4)16-13)14-7-6-9(2)3/h9H,5-8H2,1-4H3,(H,14,15,16). The average Bonchev–Trinajstić information content (AvgIpc) is 2.34. The fraction of sp³-hybridized carbons (Fsp3) is 0.692. The van der Waals surface area contributed by atoms with Gasteiger partial charge < -0.3 is 10.1 Å². The van der Waals surface area contributed by atoms with Crippen molar-refractivity contribution in [2.45, 2.75) is 40.5 Å². The largest absolute Gasteiger partial charge is 0.473 e. The minimum absolute atomic E-state index is 0.0383. The van der Waals surface area contributed by atoms with Crippen LogP contribution in [0.1, 0.15) is 39.4 Å². The molecule has 112 valence electrons. The van der Waals surface area contributed by atoms with E-state index >= 15 is 0 Å². The van der Waals surface area contributed by atoms with Gasteiger partial charge >= 0.3 is 5.69 Å². The number of nitro groups is 1. The van der Waals surface area contributed by atoms with Gasteiger partial charge in [-0.05, 0) is 25.7 Å². The molecule has 0 aromatic carbocycles.